The van der Waals surface area contributed by atoms with Crippen molar-refractivity contribution in [3.8, 4) is 0 Å². The molecule has 0 radical (unpaired) electrons. The number of alkyl carbamates (subject to hydrolysis) is 1. The Bertz CT molecular complexity index is 376. The van der Waals surface area contributed by atoms with Crippen molar-refractivity contribution in [1.82, 2.24) is 5.32 Å². The second-order valence-corrected chi connectivity index (χ2v) is 6.96. The summed E-state index contributed by atoms with van der Waals surface area (Å²) < 4.78 is 16.8. The first-order chi connectivity index (χ1) is 9.07. The first-order valence-electron chi connectivity index (χ1n) is 7.11. The summed E-state index contributed by atoms with van der Waals surface area (Å²) in [6, 6.07) is -0.208. The largest absolute Gasteiger partial charge is 0.444 e. The molecule has 0 spiro atoms. The van der Waals surface area contributed by atoms with E-state index in [1.54, 1.807) is 0 Å². The van der Waals surface area contributed by atoms with Crippen molar-refractivity contribution in [3.63, 3.8) is 0 Å². The zero-order valence-corrected chi connectivity index (χ0v) is 12.8. The van der Waals surface area contributed by atoms with E-state index in [4.69, 9.17) is 14.2 Å². The van der Waals surface area contributed by atoms with Crippen LogP contribution >= 0.6 is 0 Å². The molecule has 6 nitrogen and oxygen atoms in total. The Hall–Kier alpha value is -0.850. The molecule has 2 aliphatic rings. The van der Waals surface area contributed by atoms with E-state index in [9.17, 15) is 9.90 Å². The van der Waals surface area contributed by atoms with Crippen LogP contribution in [0.5, 0.6) is 0 Å². The van der Waals surface area contributed by atoms with Gasteiger partial charge in [0.2, 0.25) is 0 Å². The molecule has 0 aromatic heterocycles. The summed E-state index contributed by atoms with van der Waals surface area (Å²) in [5.41, 5.74) is -0.538. The molecule has 20 heavy (non-hydrogen) atoms. The number of fused-ring (bicyclic) bond motifs is 1. The molecule has 2 rings (SSSR count). The van der Waals surface area contributed by atoms with Gasteiger partial charge in [-0.1, -0.05) is 0 Å². The van der Waals surface area contributed by atoms with Crippen LogP contribution in [0.1, 0.15) is 47.5 Å². The lowest BCUT2D eigenvalue weighted by molar-refractivity contribution is -0.154. The lowest BCUT2D eigenvalue weighted by Crippen LogP contribution is -2.55. The summed E-state index contributed by atoms with van der Waals surface area (Å²) in [5, 5.41) is 12.8. The Morgan fingerprint density at radius 3 is 2.45 bits per heavy atom. The van der Waals surface area contributed by atoms with Gasteiger partial charge in [-0.3, -0.25) is 0 Å². The molecule has 1 saturated carbocycles. The smallest absolute Gasteiger partial charge is 0.407 e. The fourth-order valence-electron chi connectivity index (χ4n) is 2.72. The minimum Gasteiger partial charge on any atom is -0.444 e. The molecule has 1 heterocycles. The standard InChI is InChI=1S/C14H25NO5/c1-13(2,3)20-12(17)15-8-6-7-9(16)11-10(8)18-14(4,5)19-11/h8-11,16H,6-7H2,1-5H3,(H,15,17)/t8-,9+,10+,11-/m0/s1. The van der Waals surface area contributed by atoms with Crippen molar-refractivity contribution in [3.05, 3.63) is 0 Å². The van der Waals surface area contributed by atoms with Gasteiger partial charge in [-0.2, -0.15) is 0 Å². The summed E-state index contributed by atoms with van der Waals surface area (Å²) in [4.78, 5) is 11.9. The van der Waals surface area contributed by atoms with Crippen LogP contribution < -0.4 is 5.32 Å². The second kappa shape index (κ2) is 5.16. The first-order valence-corrected chi connectivity index (χ1v) is 7.11. The summed E-state index contributed by atoms with van der Waals surface area (Å²) in [6.45, 7) is 9.07. The number of nitrogens with one attached hydrogen (secondary N) is 1. The molecular formula is C14H25NO5. The fourth-order valence-corrected chi connectivity index (χ4v) is 2.72. The van der Waals surface area contributed by atoms with Crippen molar-refractivity contribution in [2.75, 3.05) is 0 Å². The molecule has 0 aromatic rings. The van der Waals surface area contributed by atoms with Crippen molar-refractivity contribution < 1.29 is 24.1 Å². The minimum atomic E-state index is -0.742. The number of carbonyl (C=O) groups is 1. The number of aliphatic hydroxyl groups excluding tert-OH is 1. The molecule has 0 bridgehead atoms. The molecule has 1 amide bonds. The molecule has 116 valence electrons. The van der Waals surface area contributed by atoms with Crippen LogP contribution in [-0.4, -0.2) is 46.9 Å². The minimum absolute atomic E-state index is 0.208. The third kappa shape index (κ3) is 3.62. The topological polar surface area (TPSA) is 77.0 Å². The summed E-state index contributed by atoms with van der Waals surface area (Å²) >= 11 is 0. The van der Waals surface area contributed by atoms with Crippen molar-refractivity contribution >= 4 is 6.09 Å². The van der Waals surface area contributed by atoms with Gasteiger partial charge in [0.15, 0.2) is 5.79 Å². The number of carbonyl (C=O) groups excluding carboxylic acids is 1. The van der Waals surface area contributed by atoms with Crippen molar-refractivity contribution in [2.24, 2.45) is 0 Å². The third-order valence-electron chi connectivity index (χ3n) is 3.41. The van der Waals surface area contributed by atoms with Gasteiger partial charge in [0, 0.05) is 0 Å². The molecule has 1 saturated heterocycles. The molecule has 4 atom stereocenters. The first kappa shape index (κ1) is 15.5. The Morgan fingerprint density at radius 1 is 1.25 bits per heavy atom. The van der Waals surface area contributed by atoms with Crippen LogP contribution in [0.4, 0.5) is 4.79 Å². The Kier molecular flexibility index (Phi) is 4.01. The van der Waals surface area contributed by atoms with E-state index in [-0.39, 0.29) is 12.1 Å². The molecule has 1 aliphatic heterocycles. The summed E-state index contributed by atoms with van der Waals surface area (Å²) in [6.07, 6.45) is -0.563. The Labute approximate surface area is 119 Å². The van der Waals surface area contributed by atoms with Gasteiger partial charge >= 0.3 is 6.09 Å². The van der Waals surface area contributed by atoms with E-state index in [0.29, 0.717) is 12.8 Å². The lowest BCUT2D eigenvalue weighted by Gasteiger charge is -2.35. The van der Waals surface area contributed by atoms with E-state index >= 15 is 0 Å². The molecule has 2 fully saturated rings. The maximum atomic E-state index is 11.9. The van der Waals surface area contributed by atoms with Gasteiger partial charge in [-0.25, -0.2) is 4.79 Å². The fraction of sp³-hybridized carbons (Fsp3) is 0.929. The zero-order valence-electron chi connectivity index (χ0n) is 12.8. The predicted octanol–water partition coefficient (Wildman–Crippen LogP) is 1.55. The van der Waals surface area contributed by atoms with Crippen LogP contribution in [-0.2, 0) is 14.2 Å². The molecule has 2 N–H and O–H groups in total. The Balaban J connectivity index is 2.00. The van der Waals surface area contributed by atoms with Gasteiger partial charge in [0.1, 0.15) is 17.8 Å². The molecule has 1 aliphatic carbocycles. The van der Waals surface area contributed by atoms with Crippen molar-refractivity contribution in [1.29, 1.82) is 0 Å². The van der Waals surface area contributed by atoms with Gasteiger partial charge < -0.3 is 24.6 Å². The maximum absolute atomic E-state index is 11.9. The lowest BCUT2D eigenvalue weighted by atomic mass is 9.88. The van der Waals surface area contributed by atoms with E-state index < -0.39 is 29.7 Å². The molecule has 0 unspecified atom stereocenters. The van der Waals surface area contributed by atoms with E-state index in [0.717, 1.165) is 0 Å². The number of hydrogen-bond acceptors (Lipinski definition) is 5. The maximum Gasteiger partial charge on any atom is 0.407 e. The number of rotatable bonds is 1. The Morgan fingerprint density at radius 2 is 1.85 bits per heavy atom. The highest BCUT2D eigenvalue weighted by Crippen LogP contribution is 2.37. The van der Waals surface area contributed by atoms with Crippen LogP contribution in [0, 0.1) is 0 Å². The number of hydrogen-bond donors (Lipinski definition) is 2. The average molecular weight is 287 g/mol. The zero-order chi connectivity index (χ0) is 15.1. The highest BCUT2D eigenvalue weighted by molar-refractivity contribution is 5.68. The number of ether oxygens (including phenoxy) is 3. The second-order valence-electron chi connectivity index (χ2n) is 6.96. The highest BCUT2D eigenvalue weighted by Gasteiger charge is 2.51. The van der Waals surface area contributed by atoms with Crippen LogP contribution in [0.2, 0.25) is 0 Å². The molecule has 0 aromatic carbocycles. The van der Waals surface area contributed by atoms with Crippen molar-refractivity contribution in [2.45, 2.75) is 83.2 Å². The van der Waals surface area contributed by atoms with E-state index in [1.807, 2.05) is 34.6 Å². The van der Waals surface area contributed by atoms with Gasteiger partial charge in [-0.05, 0) is 47.5 Å². The SMILES string of the molecule is CC(C)(C)OC(=O)N[C@H]1CC[C@@H](O)[C@@H]2OC(C)(C)O[C@@H]21. The van der Waals surface area contributed by atoms with Crippen LogP contribution in [0.3, 0.4) is 0 Å². The number of amides is 1. The van der Waals surface area contributed by atoms with Gasteiger partial charge in [-0.15, -0.1) is 0 Å². The predicted molar refractivity (Wildman–Crippen MR) is 72.2 cm³/mol. The van der Waals surface area contributed by atoms with Crippen LogP contribution in [0.15, 0.2) is 0 Å². The number of aliphatic hydroxyl groups is 1. The molecular weight excluding hydrogens is 262 g/mol. The summed E-state index contributed by atoms with van der Waals surface area (Å²) in [5.74, 6) is -0.742. The van der Waals surface area contributed by atoms with E-state index in [2.05, 4.69) is 5.32 Å². The summed E-state index contributed by atoms with van der Waals surface area (Å²) in [7, 11) is 0. The normalized spacial score (nSPS) is 36.3. The van der Waals surface area contributed by atoms with Crippen LogP contribution in [0.25, 0.3) is 0 Å². The average Bonchev–Trinajstić information content (AvgIpc) is 2.56. The van der Waals surface area contributed by atoms with E-state index in [1.165, 1.54) is 0 Å². The highest BCUT2D eigenvalue weighted by atomic mass is 16.8. The molecule has 6 heteroatoms. The monoisotopic (exact) mass is 287 g/mol. The quantitative estimate of drug-likeness (QED) is 0.765. The van der Waals surface area contributed by atoms with Gasteiger partial charge in [0.25, 0.3) is 0 Å². The van der Waals surface area contributed by atoms with Gasteiger partial charge in [0.05, 0.1) is 12.1 Å². The third-order valence-corrected chi connectivity index (χ3v) is 3.41.